The van der Waals surface area contributed by atoms with Crippen molar-refractivity contribution in [3.05, 3.63) is 66.8 Å². The second-order valence-corrected chi connectivity index (χ2v) is 5.47. The monoisotopic (exact) mass is 307 g/mol. The molecule has 0 radical (unpaired) electrons. The summed E-state index contributed by atoms with van der Waals surface area (Å²) in [6, 6.07) is 0. The van der Waals surface area contributed by atoms with E-state index in [1.807, 2.05) is 12.2 Å². The topological polar surface area (TPSA) is 31.4 Å². The minimum absolute atomic E-state index is 0.929. The quantitative estimate of drug-likeness (QED) is 0.565. The molecule has 0 aliphatic carbocycles. The molecule has 1 aromatic heterocycles. The Hall–Kier alpha value is -2.55. The zero-order chi connectivity index (χ0) is 16.7. The molecule has 1 N–H and O–H groups in total. The van der Waals surface area contributed by atoms with Gasteiger partial charge in [-0.1, -0.05) is 32.4 Å². The first-order valence-corrected chi connectivity index (χ1v) is 7.99. The average Bonchev–Trinajstić information content (AvgIpc) is 2.94. The number of aromatic amines is 1. The van der Waals surface area contributed by atoms with E-state index in [0.717, 1.165) is 41.3 Å². The van der Waals surface area contributed by atoms with Crippen LogP contribution in [0.2, 0.25) is 0 Å². The largest absolute Gasteiger partial charge is 0.371 e. The van der Waals surface area contributed by atoms with E-state index < -0.39 is 0 Å². The number of H-pyrrole nitrogens is 1. The van der Waals surface area contributed by atoms with Gasteiger partial charge in [0.25, 0.3) is 0 Å². The Morgan fingerprint density at radius 1 is 0.957 bits per heavy atom. The van der Waals surface area contributed by atoms with Crippen molar-refractivity contribution in [2.75, 3.05) is 13.1 Å². The number of piperidine rings is 1. The molecule has 0 atom stereocenters. The van der Waals surface area contributed by atoms with Crippen LogP contribution in [0.15, 0.2) is 49.3 Å². The van der Waals surface area contributed by atoms with Crippen molar-refractivity contribution >= 4 is 24.4 Å². The molecule has 0 spiro atoms. The smallest absolute Gasteiger partial charge is 0.0486 e. The summed E-state index contributed by atoms with van der Waals surface area (Å²) in [6.07, 6.45) is 14.8. The fourth-order valence-electron chi connectivity index (χ4n) is 2.91. The van der Waals surface area contributed by atoms with Gasteiger partial charge in [-0.05, 0) is 37.5 Å². The highest BCUT2D eigenvalue weighted by molar-refractivity contribution is 5.92. The number of aliphatic imine (C=N–C) groups is 1. The number of aromatic nitrogens is 1. The van der Waals surface area contributed by atoms with Crippen molar-refractivity contribution in [2.24, 2.45) is 4.99 Å². The molecule has 2 rings (SSSR count). The van der Waals surface area contributed by atoms with Crippen LogP contribution in [0.1, 0.15) is 41.8 Å². The lowest BCUT2D eigenvalue weighted by molar-refractivity contribution is 0.295. The first kappa shape index (κ1) is 16.8. The van der Waals surface area contributed by atoms with Gasteiger partial charge in [-0.3, -0.25) is 4.99 Å². The Morgan fingerprint density at radius 2 is 1.70 bits per heavy atom. The molecule has 1 fully saturated rings. The summed E-state index contributed by atoms with van der Waals surface area (Å²) in [5, 5.41) is 0. The molecule has 0 aromatic carbocycles. The van der Waals surface area contributed by atoms with E-state index >= 15 is 0 Å². The fourth-order valence-corrected chi connectivity index (χ4v) is 2.91. The van der Waals surface area contributed by atoms with E-state index in [0.29, 0.717) is 0 Å². The lowest BCUT2D eigenvalue weighted by Gasteiger charge is -2.29. The molecule has 0 bridgehead atoms. The standard InChI is InChI=1S/C20H25N3/c1-5-16(23-12-10-9-11-13-23)14-20-17(6-2)18(15-21-8-4)19(7-3)22-20/h5-8,14-15,22H,1-4,9-13H2/b16-14+,21-15?. The van der Waals surface area contributed by atoms with Crippen LogP contribution >= 0.6 is 0 Å². The average molecular weight is 307 g/mol. The Morgan fingerprint density at radius 3 is 2.26 bits per heavy atom. The summed E-state index contributed by atoms with van der Waals surface area (Å²) in [4.78, 5) is 9.92. The minimum atomic E-state index is 0.929. The number of nitrogens with one attached hydrogen (secondary N) is 1. The van der Waals surface area contributed by atoms with Crippen LogP contribution in [0.25, 0.3) is 18.2 Å². The van der Waals surface area contributed by atoms with Gasteiger partial charge in [-0.2, -0.15) is 0 Å². The Kier molecular flexibility index (Phi) is 5.98. The Labute approximate surface area is 139 Å². The maximum Gasteiger partial charge on any atom is 0.0486 e. The van der Waals surface area contributed by atoms with E-state index in [1.165, 1.54) is 25.5 Å². The van der Waals surface area contributed by atoms with E-state index in [-0.39, 0.29) is 0 Å². The van der Waals surface area contributed by atoms with Gasteiger partial charge < -0.3 is 9.88 Å². The molecule has 1 aliphatic heterocycles. The maximum absolute atomic E-state index is 4.13. The number of hydrogen-bond donors (Lipinski definition) is 1. The van der Waals surface area contributed by atoms with Crippen LogP contribution < -0.4 is 0 Å². The predicted octanol–water partition coefficient (Wildman–Crippen LogP) is 4.88. The van der Waals surface area contributed by atoms with E-state index in [2.05, 4.69) is 47.3 Å². The van der Waals surface area contributed by atoms with Crippen molar-refractivity contribution in [2.45, 2.75) is 19.3 Å². The van der Waals surface area contributed by atoms with Crippen LogP contribution in [0.4, 0.5) is 0 Å². The first-order chi connectivity index (χ1) is 11.2. The van der Waals surface area contributed by atoms with Crippen molar-refractivity contribution in [3.63, 3.8) is 0 Å². The number of rotatable bonds is 7. The number of hydrogen-bond acceptors (Lipinski definition) is 2. The third-order valence-corrected chi connectivity index (χ3v) is 4.08. The molecule has 1 aliphatic rings. The van der Waals surface area contributed by atoms with Crippen LogP contribution in [0.3, 0.4) is 0 Å². The summed E-state index contributed by atoms with van der Waals surface area (Å²) in [5.74, 6) is 0. The summed E-state index contributed by atoms with van der Waals surface area (Å²) in [5.41, 5.74) is 5.06. The SMILES string of the molecule is C=CN=Cc1c(C=C)[nH]c(/C=C(\C=C)N2CCCCC2)c1C=C. The minimum Gasteiger partial charge on any atom is -0.371 e. The lowest BCUT2D eigenvalue weighted by Crippen LogP contribution is -2.28. The summed E-state index contributed by atoms with van der Waals surface area (Å²) >= 11 is 0. The van der Waals surface area contributed by atoms with Crippen LogP contribution in [0.5, 0.6) is 0 Å². The van der Waals surface area contributed by atoms with Crippen molar-refractivity contribution in [1.82, 2.24) is 9.88 Å². The zero-order valence-electron chi connectivity index (χ0n) is 13.7. The molecule has 0 saturated carbocycles. The van der Waals surface area contributed by atoms with Crippen molar-refractivity contribution in [3.8, 4) is 0 Å². The van der Waals surface area contributed by atoms with E-state index in [4.69, 9.17) is 0 Å². The van der Waals surface area contributed by atoms with Crippen molar-refractivity contribution in [1.29, 1.82) is 0 Å². The lowest BCUT2D eigenvalue weighted by atomic mass is 10.1. The first-order valence-electron chi connectivity index (χ1n) is 7.99. The summed E-state index contributed by atoms with van der Waals surface area (Å²) in [7, 11) is 0. The van der Waals surface area contributed by atoms with E-state index in [9.17, 15) is 0 Å². The highest BCUT2D eigenvalue weighted by Gasteiger charge is 2.14. The predicted molar refractivity (Wildman–Crippen MR) is 102 cm³/mol. The molecular formula is C20H25N3. The van der Waals surface area contributed by atoms with Gasteiger partial charge in [-0.15, -0.1) is 0 Å². The van der Waals surface area contributed by atoms with Gasteiger partial charge in [0.1, 0.15) is 0 Å². The van der Waals surface area contributed by atoms with Crippen molar-refractivity contribution < 1.29 is 0 Å². The van der Waals surface area contributed by atoms with Gasteiger partial charge in [0, 0.05) is 53.7 Å². The second-order valence-electron chi connectivity index (χ2n) is 5.47. The maximum atomic E-state index is 4.13. The molecule has 23 heavy (non-hydrogen) atoms. The van der Waals surface area contributed by atoms with Gasteiger partial charge in [-0.25, -0.2) is 0 Å². The third-order valence-electron chi connectivity index (χ3n) is 4.08. The normalized spacial score (nSPS) is 15.7. The highest BCUT2D eigenvalue weighted by atomic mass is 15.1. The third kappa shape index (κ3) is 3.81. The second kappa shape index (κ2) is 8.18. The van der Waals surface area contributed by atoms with E-state index in [1.54, 1.807) is 12.3 Å². The molecule has 120 valence electrons. The Balaban J connectivity index is 2.46. The molecule has 3 heteroatoms. The van der Waals surface area contributed by atoms with Crippen LogP contribution in [-0.4, -0.2) is 29.2 Å². The molecular weight excluding hydrogens is 282 g/mol. The molecule has 1 aromatic rings. The zero-order valence-corrected chi connectivity index (χ0v) is 13.7. The van der Waals surface area contributed by atoms with Crippen LogP contribution in [-0.2, 0) is 0 Å². The number of likely N-dealkylation sites (tertiary alicyclic amines) is 1. The molecule has 0 amide bonds. The molecule has 3 nitrogen and oxygen atoms in total. The highest BCUT2D eigenvalue weighted by Crippen LogP contribution is 2.24. The summed E-state index contributed by atoms with van der Waals surface area (Å²) < 4.78 is 0. The number of nitrogens with zero attached hydrogens (tertiary/aromatic N) is 2. The fraction of sp³-hybridized carbons (Fsp3) is 0.250. The molecule has 1 saturated heterocycles. The molecule has 2 heterocycles. The van der Waals surface area contributed by atoms with Crippen LogP contribution in [0, 0.1) is 0 Å². The van der Waals surface area contributed by atoms with Gasteiger partial charge in [0.15, 0.2) is 0 Å². The van der Waals surface area contributed by atoms with Gasteiger partial charge >= 0.3 is 0 Å². The van der Waals surface area contributed by atoms with Gasteiger partial charge in [0.2, 0.25) is 0 Å². The van der Waals surface area contributed by atoms with Gasteiger partial charge in [0.05, 0.1) is 0 Å². The Bertz CT molecular complexity index is 653. The molecule has 0 unspecified atom stereocenters. The number of allylic oxidation sites excluding steroid dienone is 1. The summed E-state index contributed by atoms with van der Waals surface area (Å²) in [6.45, 7) is 17.6.